The van der Waals surface area contributed by atoms with Gasteiger partial charge in [0.1, 0.15) is 11.4 Å². The van der Waals surface area contributed by atoms with Gasteiger partial charge in [0.25, 0.3) is 0 Å². The van der Waals surface area contributed by atoms with Crippen LogP contribution >= 0.6 is 0 Å². The zero-order valence-electron chi connectivity index (χ0n) is 18.2. The van der Waals surface area contributed by atoms with Crippen LogP contribution in [0, 0.1) is 0 Å². The largest absolute Gasteiger partial charge is 0.507 e. The molecule has 0 fully saturated rings. The topological polar surface area (TPSA) is 102 Å². The third-order valence-corrected chi connectivity index (χ3v) is 4.46. The van der Waals surface area contributed by atoms with Crippen molar-refractivity contribution in [2.24, 2.45) is 0 Å². The summed E-state index contributed by atoms with van der Waals surface area (Å²) >= 11 is 0. The molecular formula is C22H30N2O5. The summed E-state index contributed by atoms with van der Waals surface area (Å²) in [7, 11) is 0. The monoisotopic (exact) mass is 402 g/mol. The lowest BCUT2D eigenvalue weighted by molar-refractivity contribution is -0.154. The predicted octanol–water partition coefficient (Wildman–Crippen LogP) is 3.82. The fourth-order valence-corrected chi connectivity index (χ4v) is 2.89. The molecule has 0 atom stereocenters. The smallest absolute Gasteiger partial charge is 0.396 e. The number of nitrogens with one attached hydrogen (secondary N) is 1. The number of phenols is 1. The number of hydrogen-bond donors (Lipinski definition) is 2. The molecule has 2 aromatic rings. The summed E-state index contributed by atoms with van der Waals surface area (Å²) in [5, 5.41) is 17.4. The van der Waals surface area contributed by atoms with Gasteiger partial charge in [-0.3, -0.25) is 4.79 Å². The van der Waals surface area contributed by atoms with Crippen LogP contribution in [0.25, 0.3) is 11.3 Å². The highest BCUT2D eigenvalue weighted by molar-refractivity contribution is 6.32. The lowest BCUT2D eigenvalue weighted by atomic mass is 9.78. The Kier molecular flexibility index (Phi) is 6.40. The second-order valence-corrected chi connectivity index (χ2v) is 9.00. The highest BCUT2D eigenvalue weighted by Gasteiger charge is 2.27. The van der Waals surface area contributed by atoms with E-state index >= 15 is 0 Å². The first-order valence-corrected chi connectivity index (χ1v) is 9.63. The first-order valence-electron chi connectivity index (χ1n) is 9.63. The van der Waals surface area contributed by atoms with E-state index in [-0.39, 0.29) is 24.0 Å². The molecular weight excluding hydrogens is 372 g/mol. The van der Waals surface area contributed by atoms with Crippen molar-refractivity contribution in [1.29, 1.82) is 0 Å². The first-order chi connectivity index (χ1) is 13.3. The zero-order chi connectivity index (χ0) is 22.0. The van der Waals surface area contributed by atoms with Crippen molar-refractivity contribution >= 4 is 11.9 Å². The second kappa shape index (κ2) is 8.27. The van der Waals surface area contributed by atoms with Gasteiger partial charge in [0.15, 0.2) is 5.76 Å². The van der Waals surface area contributed by atoms with Gasteiger partial charge < -0.3 is 19.7 Å². The van der Waals surface area contributed by atoms with Gasteiger partial charge in [0.05, 0.1) is 13.2 Å². The van der Waals surface area contributed by atoms with Crippen LogP contribution in [0.5, 0.6) is 5.75 Å². The minimum Gasteiger partial charge on any atom is -0.507 e. The Morgan fingerprint density at radius 1 is 1.07 bits per heavy atom. The molecule has 0 saturated heterocycles. The number of amides is 1. The van der Waals surface area contributed by atoms with Crippen LogP contribution in [-0.4, -0.2) is 28.7 Å². The molecule has 7 nitrogen and oxygen atoms in total. The van der Waals surface area contributed by atoms with E-state index in [1.807, 2.05) is 53.7 Å². The lowest BCUT2D eigenvalue weighted by Crippen LogP contribution is -2.31. The van der Waals surface area contributed by atoms with Gasteiger partial charge in [-0.2, -0.15) is 0 Å². The van der Waals surface area contributed by atoms with Crippen molar-refractivity contribution in [3.8, 4) is 17.0 Å². The average Bonchev–Trinajstić information content (AvgIpc) is 3.07. The molecule has 1 amide bonds. The molecule has 1 aromatic heterocycles. The first kappa shape index (κ1) is 22.5. The number of carbonyl (C=O) groups is 2. The number of nitrogens with zero attached hydrogens (tertiary/aromatic N) is 1. The summed E-state index contributed by atoms with van der Waals surface area (Å²) in [5.74, 6) is -1.07. The summed E-state index contributed by atoms with van der Waals surface area (Å²) in [5.41, 5.74) is 2.51. The summed E-state index contributed by atoms with van der Waals surface area (Å²) in [4.78, 5) is 23.0. The molecule has 29 heavy (non-hydrogen) atoms. The number of carbonyl (C=O) groups excluding carboxylic acids is 2. The predicted molar refractivity (Wildman–Crippen MR) is 109 cm³/mol. The highest BCUT2D eigenvalue weighted by atomic mass is 16.5. The Labute approximate surface area is 171 Å². The zero-order valence-corrected chi connectivity index (χ0v) is 18.2. The molecule has 0 aliphatic rings. The van der Waals surface area contributed by atoms with E-state index in [1.54, 1.807) is 13.0 Å². The van der Waals surface area contributed by atoms with E-state index in [0.29, 0.717) is 17.2 Å². The molecule has 0 aliphatic carbocycles. The fraction of sp³-hybridized carbons (Fsp3) is 0.500. The van der Waals surface area contributed by atoms with Gasteiger partial charge in [-0.25, -0.2) is 4.79 Å². The molecule has 0 unspecified atom stereocenters. The van der Waals surface area contributed by atoms with Crippen molar-refractivity contribution < 1.29 is 24.0 Å². The van der Waals surface area contributed by atoms with Crippen LogP contribution in [0.2, 0.25) is 0 Å². The molecule has 0 radical (unpaired) electrons. The SMILES string of the molecule is CCOC(=O)C(=O)NCc1cc(-c2cc(C(C)(C)C)c(O)c(C(C)(C)C)c2)no1. The van der Waals surface area contributed by atoms with Crippen LogP contribution in [0.4, 0.5) is 0 Å². The van der Waals surface area contributed by atoms with Crippen LogP contribution in [0.1, 0.15) is 65.4 Å². The van der Waals surface area contributed by atoms with E-state index in [1.165, 1.54) is 0 Å². The van der Waals surface area contributed by atoms with Crippen LogP contribution in [0.3, 0.4) is 0 Å². The summed E-state index contributed by atoms with van der Waals surface area (Å²) in [6.45, 7) is 14.0. The number of benzene rings is 1. The van der Waals surface area contributed by atoms with Crippen molar-refractivity contribution in [1.82, 2.24) is 10.5 Å². The van der Waals surface area contributed by atoms with Gasteiger partial charge in [-0.15, -0.1) is 0 Å². The Morgan fingerprint density at radius 2 is 1.62 bits per heavy atom. The Hall–Kier alpha value is -2.83. The van der Waals surface area contributed by atoms with E-state index in [4.69, 9.17) is 4.52 Å². The maximum atomic E-state index is 11.7. The number of hydrogen-bond acceptors (Lipinski definition) is 6. The molecule has 1 aromatic carbocycles. The Balaban J connectivity index is 2.34. The van der Waals surface area contributed by atoms with Crippen LogP contribution in [-0.2, 0) is 31.7 Å². The highest BCUT2D eigenvalue weighted by Crippen LogP contribution is 2.41. The lowest BCUT2D eigenvalue weighted by Gasteiger charge is -2.28. The van der Waals surface area contributed by atoms with Gasteiger partial charge in [0, 0.05) is 22.8 Å². The maximum Gasteiger partial charge on any atom is 0.396 e. The minimum absolute atomic E-state index is 0.0149. The standard InChI is InChI=1S/C22H30N2O5/c1-8-28-20(27)19(26)23-12-14-11-17(24-29-14)13-9-15(21(2,3)4)18(25)16(10-13)22(5,6)7/h9-11,25H,8,12H2,1-7H3,(H,23,26). The molecule has 158 valence electrons. The minimum atomic E-state index is -0.935. The van der Waals surface area contributed by atoms with Crippen molar-refractivity contribution in [2.75, 3.05) is 6.61 Å². The van der Waals surface area contributed by atoms with Gasteiger partial charge in [-0.05, 0) is 29.9 Å². The number of aromatic hydroxyl groups is 1. The van der Waals surface area contributed by atoms with E-state index in [2.05, 4.69) is 15.2 Å². The third kappa shape index (κ3) is 5.37. The number of phenolic OH excluding ortho intramolecular Hbond substituents is 1. The number of aromatic nitrogens is 1. The van der Waals surface area contributed by atoms with E-state index in [9.17, 15) is 14.7 Å². The Morgan fingerprint density at radius 3 is 2.10 bits per heavy atom. The van der Waals surface area contributed by atoms with Crippen LogP contribution < -0.4 is 5.32 Å². The molecule has 1 heterocycles. The third-order valence-electron chi connectivity index (χ3n) is 4.46. The van der Waals surface area contributed by atoms with Crippen LogP contribution in [0.15, 0.2) is 22.7 Å². The maximum absolute atomic E-state index is 11.7. The molecule has 0 saturated carbocycles. The van der Waals surface area contributed by atoms with Gasteiger partial charge in [-0.1, -0.05) is 46.7 Å². The second-order valence-electron chi connectivity index (χ2n) is 9.00. The summed E-state index contributed by atoms with van der Waals surface area (Å²) in [6, 6.07) is 5.52. The molecule has 2 N–H and O–H groups in total. The molecule has 2 rings (SSSR count). The molecule has 7 heteroatoms. The van der Waals surface area contributed by atoms with Crippen molar-refractivity contribution in [3.05, 3.63) is 35.1 Å². The van der Waals surface area contributed by atoms with Gasteiger partial charge >= 0.3 is 11.9 Å². The normalized spacial score (nSPS) is 12.0. The quantitative estimate of drug-likeness (QED) is 0.595. The Bertz CT molecular complexity index is 866. The average molecular weight is 402 g/mol. The number of ether oxygens (including phenoxy) is 1. The summed E-state index contributed by atoms with van der Waals surface area (Å²) in [6.07, 6.45) is 0. The van der Waals surface area contributed by atoms with Crippen molar-refractivity contribution in [2.45, 2.75) is 65.8 Å². The number of esters is 1. The van der Waals surface area contributed by atoms with Gasteiger partial charge in [0.2, 0.25) is 0 Å². The van der Waals surface area contributed by atoms with E-state index in [0.717, 1.165) is 16.7 Å². The molecule has 0 spiro atoms. The molecule has 0 bridgehead atoms. The van der Waals surface area contributed by atoms with E-state index < -0.39 is 11.9 Å². The fourth-order valence-electron chi connectivity index (χ4n) is 2.89. The molecule has 0 aliphatic heterocycles. The summed E-state index contributed by atoms with van der Waals surface area (Å²) < 4.78 is 9.96. The number of rotatable bonds is 4. The van der Waals surface area contributed by atoms with Crippen molar-refractivity contribution in [3.63, 3.8) is 0 Å².